The molecule has 0 spiro atoms. The third-order valence-corrected chi connectivity index (χ3v) is 2.72. The zero-order valence-corrected chi connectivity index (χ0v) is 10.6. The van der Waals surface area contributed by atoms with Crippen LogP contribution >= 0.6 is 0 Å². The van der Waals surface area contributed by atoms with Crippen LogP contribution in [0.4, 0.5) is 5.95 Å². The van der Waals surface area contributed by atoms with Crippen molar-refractivity contribution in [1.29, 1.82) is 0 Å². The molecule has 0 unspecified atom stereocenters. The minimum absolute atomic E-state index is 0.239. The van der Waals surface area contributed by atoms with Crippen LogP contribution in [-0.4, -0.2) is 26.1 Å². The number of nitrogens with one attached hydrogen (secondary N) is 2. The molecule has 2 N–H and O–H groups in total. The number of nitrogens with zero attached hydrogens (tertiary/aromatic N) is 3. The van der Waals surface area contributed by atoms with E-state index in [2.05, 4.69) is 25.5 Å². The molecule has 7 nitrogen and oxygen atoms in total. The normalized spacial score (nSPS) is 10.4. The van der Waals surface area contributed by atoms with E-state index in [-0.39, 0.29) is 11.9 Å². The van der Waals surface area contributed by atoms with Crippen LogP contribution in [0.5, 0.6) is 0 Å². The smallest absolute Gasteiger partial charge is 0.262 e. The summed E-state index contributed by atoms with van der Waals surface area (Å²) < 4.78 is 5.28. The van der Waals surface area contributed by atoms with Gasteiger partial charge in [-0.2, -0.15) is 5.10 Å². The lowest BCUT2D eigenvalue weighted by atomic mass is 10.1. The van der Waals surface area contributed by atoms with E-state index in [0.717, 1.165) is 0 Å². The Labute approximate surface area is 114 Å². The number of carbonyl (C=O) groups is 1. The van der Waals surface area contributed by atoms with Crippen LogP contribution in [0.25, 0.3) is 11.5 Å². The summed E-state index contributed by atoms with van der Waals surface area (Å²) in [5.41, 5.74) is 1.51. The molecule has 0 atom stereocenters. The fourth-order valence-electron chi connectivity index (χ4n) is 1.83. The van der Waals surface area contributed by atoms with Gasteiger partial charge in [-0.1, -0.05) is 0 Å². The molecule has 0 radical (unpaired) electrons. The van der Waals surface area contributed by atoms with E-state index in [1.54, 1.807) is 37.5 Å². The number of rotatable bonds is 3. The van der Waals surface area contributed by atoms with Gasteiger partial charge in [0.2, 0.25) is 5.95 Å². The Kier molecular flexibility index (Phi) is 3.00. The first-order valence-electron chi connectivity index (χ1n) is 5.93. The Morgan fingerprint density at radius 1 is 1.30 bits per heavy atom. The predicted octanol–water partition coefficient (Wildman–Crippen LogP) is 2.02. The fraction of sp³-hybridized carbons (Fsp3) is 0.0769. The number of hydrogen-bond donors (Lipinski definition) is 2. The molecule has 0 aromatic carbocycles. The summed E-state index contributed by atoms with van der Waals surface area (Å²) in [7, 11) is 0. The van der Waals surface area contributed by atoms with Crippen LogP contribution in [0.15, 0.2) is 41.3 Å². The summed E-state index contributed by atoms with van der Waals surface area (Å²) in [5.74, 6) is 0.422. The summed E-state index contributed by atoms with van der Waals surface area (Å²) in [6.45, 7) is 1.76. The number of carbonyl (C=O) groups excluding carboxylic acids is 1. The maximum absolute atomic E-state index is 12.3. The molecule has 3 rings (SSSR count). The largest absolute Gasteiger partial charge is 0.463 e. The summed E-state index contributed by atoms with van der Waals surface area (Å²) >= 11 is 0. The summed E-state index contributed by atoms with van der Waals surface area (Å²) in [5, 5.41) is 9.51. The standard InChI is InChI=1S/C13H11N5O2/c1-8-10(11(18-17-8)9-4-2-7-20-9)12(19)16-13-14-5-3-6-15-13/h2-7H,1H3,(H,17,18)(H,14,15,16,19). The average Bonchev–Trinajstić information content (AvgIpc) is 3.08. The van der Waals surface area contributed by atoms with Crippen molar-refractivity contribution in [2.75, 3.05) is 5.32 Å². The van der Waals surface area contributed by atoms with Gasteiger partial charge in [0.15, 0.2) is 5.76 Å². The molecule has 20 heavy (non-hydrogen) atoms. The number of aromatic nitrogens is 4. The molecular weight excluding hydrogens is 258 g/mol. The second kappa shape index (κ2) is 4.96. The molecule has 0 bridgehead atoms. The summed E-state index contributed by atoms with van der Waals surface area (Å²) in [4.78, 5) is 20.2. The molecule has 3 aromatic heterocycles. The molecular formula is C13H11N5O2. The number of hydrogen-bond acceptors (Lipinski definition) is 5. The highest BCUT2D eigenvalue weighted by Crippen LogP contribution is 2.24. The van der Waals surface area contributed by atoms with E-state index in [1.807, 2.05) is 0 Å². The van der Waals surface area contributed by atoms with Crippen molar-refractivity contribution in [2.24, 2.45) is 0 Å². The molecule has 0 aliphatic rings. The van der Waals surface area contributed by atoms with Gasteiger partial charge in [0.25, 0.3) is 5.91 Å². The van der Waals surface area contributed by atoms with Crippen molar-refractivity contribution in [3.63, 3.8) is 0 Å². The highest BCUT2D eigenvalue weighted by molar-refractivity contribution is 6.07. The minimum atomic E-state index is -0.339. The van der Waals surface area contributed by atoms with Crippen LogP contribution in [0.2, 0.25) is 0 Å². The lowest BCUT2D eigenvalue weighted by molar-refractivity contribution is 0.102. The van der Waals surface area contributed by atoms with Crippen LogP contribution in [0.1, 0.15) is 16.1 Å². The second-order valence-corrected chi connectivity index (χ2v) is 4.08. The van der Waals surface area contributed by atoms with Gasteiger partial charge < -0.3 is 4.42 Å². The van der Waals surface area contributed by atoms with Crippen molar-refractivity contribution < 1.29 is 9.21 Å². The Bertz CT molecular complexity index is 719. The first-order chi connectivity index (χ1) is 9.75. The molecule has 0 fully saturated rings. The van der Waals surface area contributed by atoms with Gasteiger partial charge in [-0.3, -0.25) is 15.2 Å². The van der Waals surface area contributed by atoms with Gasteiger partial charge in [0, 0.05) is 18.1 Å². The van der Waals surface area contributed by atoms with Crippen LogP contribution in [0.3, 0.4) is 0 Å². The van der Waals surface area contributed by atoms with Gasteiger partial charge in [-0.25, -0.2) is 9.97 Å². The zero-order chi connectivity index (χ0) is 13.9. The first-order valence-corrected chi connectivity index (χ1v) is 5.93. The topological polar surface area (TPSA) is 96.7 Å². The molecule has 0 saturated heterocycles. The van der Waals surface area contributed by atoms with E-state index in [4.69, 9.17) is 4.42 Å². The summed E-state index contributed by atoms with van der Waals surface area (Å²) in [6, 6.07) is 5.15. The SMILES string of the molecule is Cc1[nH]nc(-c2ccco2)c1C(=O)Nc1ncccn1. The number of H-pyrrole nitrogens is 1. The van der Waals surface area contributed by atoms with Crippen molar-refractivity contribution in [3.05, 3.63) is 48.1 Å². The van der Waals surface area contributed by atoms with Gasteiger partial charge in [-0.15, -0.1) is 0 Å². The number of aromatic amines is 1. The minimum Gasteiger partial charge on any atom is -0.463 e. The maximum Gasteiger partial charge on any atom is 0.262 e. The van der Waals surface area contributed by atoms with Crippen molar-refractivity contribution in [2.45, 2.75) is 6.92 Å². The number of anilines is 1. The zero-order valence-electron chi connectivity index (χ0n) is 10.6. The van der Waals surface area contributed by atoms with E-state index in [1.165, 1.54) is 6.26 Å². The average molecular weight is 269 g/mol. The van der Waals surface area contributed by atoms with Gasteiger partial charge in [0.1, 0.15) is 5.69 Å². The van der Waals surface area contributed by atoms with Gasteiger partial charge >= 0.3 is 0 Å². The highest BCUT2D eigenvalue weighted by Gasteiger charge is 2.21. The Balaban J connectivity index is 1.94. The summed E-state index contributed by atoms with van der Waals surface area (Å²) in [6.07, 6.45) is 4.64. The monoisotopic (exact) mass is 269 g/mol. The van der Waals surface area contributed by atoms with E-state index in [0.29, 0.717) is 22.7 Å². The van der Waals surface area contributed by atoms with Gasteiger partial charge in [-0.05, 0) is 25.1 Å². The molecule has 1 amide bonds. The van der Waals surface area contributed by atoms with Gasteiger partial charge in [0.05, 0.1) is 11.8 Å². The highest BCUT2D eigenvalue weighted by atomic mass is 16.3. The lowest BCUT2D eigenvalue weighted by Crippen LogP contribution is -2.15. The quantitative estimate of drug-likeness (QED) is 0.758. The van der Waals surface area contributed by atoms with E-state index >= 15 is 0 Å². The first kappa shape index (κ1) is 12.1. The van der Waals surface area contributed by atoms with Crippen molar-refractivity contribution in [1.82, 2.24) is 20.2 Å². The molecule has 0 aliphatic carbocycles. The van der Waals surface area contributed by atoms with Crippen molar-refractivity contribution in [3.8, 4) is 11.5 Å². The van der Waals surface area contributed by atoms with Crippen LogP contribution in [0, 0.1) is 6.92 Å². The van der Waals surface area contributed by atoms with E-state index in [9.17, 15) is 4.79 Å². The number of furan rings is 1. The number of aryl methyl sites for hydroxylation is 1. The molecule has 0 aliphatic heterocycles. The second-order valence-electron chi connectivity index (χ2n) is 4.08. The number of amides is 1. The third kappa shape index (κ3) is 2.16. The van der Waals surface area contributed by atoms with Crippen LogP contribution < -0.4 is 5.32 Å². The molecule has 3 heterocycles. The van der Waals surface area contributed by atoms with Crippen LogP contribution in [-0.2, 0) is 0 Å². The van der Waals surface area contributed by atoms with Crippen molar-refractivity contribution >= 4 is 11.9 Å². The fourth-order valence-corrected chi connectivity index (χ4v) is 1.83. The predicted molar refractivity (Wildman–Crippen MR) is 71.0 cm³/mol. The Hall–Kier alpha value is -2.96. The lowest BCUT2D eigenvalue weighted by Gasteiger charge is -2.03. The Morgan fingerprint density at radius 3 is 2.80 bits per heavy atom. The third-order valence-electron chi connectivity index (χ3n) is 2.72. The molecule has 0 saturated carbocycles. The maximum atomic E-state index is 12.3. The molecule has 100 valence electrons. The Morgan fingerprint density at radius 2 is 2.10 bits per heavy atom. The van der Waals surface area contributed by atoms with E-state index < -0.39 is 0 Å². The molecule has 3 aromatic rings. The molecule has 7 heteroatoms.